The standard InChI is InChI=1S/C18H15NO4S/c1-22-15-10-12(6-8-14(15)20)7-9-18(21)23-11-17-19-13-4-2-3-5-16(13)24-17/h2-10,20H,11H2,1H3/b9-7+. The number of esters is 1. The van der Waals surface area contributed by atoms with Gasteiger partial charge in [-0.2, -0.15) is 0 Å². The summed E-state index contributed by atoms with van der Waals surface area (Å²) in [5.41, 5.74) is 1.63. The highest BCUT2D eigenvalue weighted by molar-refractivity contribution is 7.18. The van der Waals surface area contributed by atoms with Crippen LogP contribution in [0.4, 0.5) is 0 Å². The Morgan fingerprint density at radius 2 is 2.12 bits per heavy atom. The van der Waals surface area contributed by atoms with Crippen LogP contribution < -0.4 is 4.74 Å². The normalized spacial score (nSPS) is 11.0. The van der Waals surface area contributed by atoms with Crippen molar-refractivity contribution in [3.05, 3.63) is 59.1 Å². The molecule has 1 aromatic heterocycles. The minimum absolute atomic E-state index is 0.0491. The zero-order valence-electron chi connectivity index (χ0n) is 12.9. The van der Waals surface area contributed by atoms with E-state index in [4.69, 9.17) is 9.47 Å². The number of nitrogens with zero attached hydrogens (tertiary/aromatic N) is 1. The third kappa shape index (κ3) is 3.72. The number of aromatic hydroxyl groups is 1. The van der Waals surface area contributed by atoms with Crippen LogP contribution in [0.25, 0.3) is 16.3 Å². The monoisotopic (exact) mass is 341 g/mol. The van der Waals surface area contributed by atoms with Gasteiger partial charge in [-0.15, -0.1) is 11.3 Å². The Balaban J connectivity index is 1.60. The predicted molar refractivity (Wildman–Crippen MR) is 93.1 cm³/mol. The number of phenolic OH excluding ortho intramolecular Hbond substituents is 1. The molecule has 3 aromatic rings. The average molecular weight is 341 g/mol. The van der Waals surface area contributed by atoms with E-state index in [-0.39, 0.29) is 12.4 Å². The van der Waals surface area contributed by atoms with Crippen LogP contribution >= 0.6 is 11.3 Å². The van der Waals surface area contributed by atoms with E-state index in [2.05, 4.69) is 4.98 Å². The smallest absolute Gasteiger partial charge is 0.331 e. The molecule has 0 amide bonds. The third-order valence-electron chi connectivity index (χ3n) is 3.29. The lowest BCUT2D eigenvalue weighted by Gasteiger charge is -2.03. The number of hydrogen-bond acceptors (Lipinski definition) is 6. The lowest BCUT2D eigenvalue weighted by molar-refractivity contribution is -0.138. The molecule has 5 nitrogen and oxygen atoms in total. The second-order valence-electron chi connectivity index (χ2n) is 4.95. The molecule has 0 aliphatic rings. The summed E-state index contributed by atoms with van der Waals surface area (Å²) in [4.78, 5) is 16.2. The van der Waals surface area contributed by atoms with E-state index >= 15 is 0 Å². The molecule has 0 bridgehead atoms. The van der Waals surface area contributed by atoms with Gasteiger partial charge in [0.05, 0.1) is 17.3 Å². The maximum absolute atomic E-state index is 11.8. The SMILES string of the molecule is COc1cc(/C=C/C(=O)OCc2nc3ccccc3s2)ccc1O. The Hall–Kier alpha value is -2.86. The maximum Gasteiger partial charge on any atom is 0.331 e. The fourth-order valence-electron chi connectivity index (χ4n) is 2.12. The number of aromatic nitrogens is 1. The molecule has 0 unspecified atom stereocenters. The van der Waals surface area contributed by atoms with Gasteiger partial charge in [0.15, 0.2) is 11.5 Å². The molecule has 0 radical (unpaired) electrons. The number of rotatable bonds is 5. The molecular formula is C18H15NO4S. The topological polar surface area (TPSA) is 68.7 Å². The highest BCUT2D eigenvalue weighted by atomic mass is 32.1. The molecule has 0 fully saturated rings. The number of carbonyl (C=O) groups is 1. The van der Waals surface area contributed by atoms with Gasteiger partial charge in [0.1, 0.15) is 11.6 Å². The molecule has 3 rings (SSSR count). The van der Waals surface area contributed by atoms with Crippen molar-refractivity contribution >= 4 is 33.6 Å². The molecule has 122 valence electrons. The first-order valence-electron chi connectivity index (χ1n) is 7.22. The number of carbonyl (C=O) groups excluding carboxylic acids is 1. The van der Waals surface area contributed by atoms with E-state index in [0.717, 1.165) is 20.8 Å². The van der Waals surface area contributed by atoms with Crippen molar-refractivity contribution in [3.63, 3.8) is 0 Å². The summed E-state index contributed by atoms with van der Waals surface area (Å²) in [6.07, 6.45) is 2.93. The second kappa shape index (κ2) is 7.14. The zero-order valence-corrected chi connectivity index (χ0v) is 13.7. The number of para-hydroxylation sites is 1. The Morgan fingerprint density at radius 1 is 1.29 bits per heavy atom. The zero-order chi connectivity index (χ0) is 16.9. The first-order valence-corrected chi connectivity index (χ1v) is 8.03. The number of ether oxygens (including phenoxy) is 2. The van der Waals surface area contributed by atoms with E-state index < -0.39 is 5.97 Å². The molecular weight excluding hydrogens is 326 g/mol. The summed E-state index contributed by atoms with van der Waals surface area (Å²) in [5.74, 6) is -0.0608. The van der Waals surface area contributed by atoms with Crippen molar-refractivity contribution < 1.29 is 19.4 Å². The lowest BCUT2D eigenvalue weighted by atomic mass is 10.2. The number of fused-ring (bicyclic) bond motifs is 1. The molecule has 24 heavy (non-hydrogen) atoms. The van der Waals surface area contributed by atoms with E-state index in [1.165, 1.54) is 30.6 Å². The van der Waals surface area contributed by atoms with Gasteiger partial charge in [0.2, 0.25) is 0 Å². The summed E-state index contributed by atoms with van der Waals surface area (Å²) in [6.45, 7) is 0.140. The third-order valence-corrected chi connectivity index (χ3v) is 4.30. The maximum atomic E-state index is 11.8. The van der Waals surface area contributed by atoms with E-state index in [9.17, 15) is 9.90 Å². The largest absolute Gasteiger partial charge is 0.504 e. The highest BCUT2D eigenvalue weighted by Crippen LogP contribution is 2.26. The lowest BCUT2D eigenvalue weighted by Crippen LogP contribution is -2.00. The molecule has 1 heterocycles. The molecule has 6 heteroatoms. The highest BCUT2D eigenvalue weighted by Gasteiger charge is 2.06. The minimum atomic E-state index is -0.457. The Kier molecular flexibility index (Phi) is 4.77. The minimum Gasteiger partial charge on any atom is -0.504 e. The van der Waals surface area contributed by atoms with Gasteiger partial charge in [-0.3, -0.25) is 0 Å². The number of thiazole rings is 1. The molecule has 0 aliphatic heterocycles. The van der Waals surface area contributed by atoms with E-state index in [0.29, 0.717) is 5.75 Å². The molecule has 1 N–H and O–H groups in total. The summed E-state index contributed by atoms with van der Waals surface area (Å²) < 4.78 is 11.3. The Morgan fingerprint density at radius 3 is 2.92 bits per heavy atom. The number of phenols is 1. The molecule has 0 saturated carbocycles. The van der Waals surface area contributed by atoms with E-state index in [1.807, 2.05) is 24.3 Å². The van der Waals surface area contributed by atoms with Gasteiger partial charge in [-0.1, -0.05) is 18.2 Å². The van der Waals surface area contributed by atoms with Gasteiger partial charge < -0.3 is 14.6 Å². The molecule has 2 aromatic carbocycles. The summed E-state index contributed by atoms with van der Waals surface area (Å²) in [7, 11) is 1.47. The molecule has 0 saturated heterocycles. The van der Waals surface area contributed by atoms with Crippen molar-refractivity contribution in [1.29, 1.82) is 0 Å². The van der Waals surface area contributed by atoms with Gasteiger partial charge in [0, 0.05) is 6.08 Å². The number of benzene rings is 2. The van der Waals surface area contributed by atoms with Crippen LogP contribution in [0.15, 0.2) is 48.5 Å². The van der Waals surface area contributed by atoms with Crippen LogP contribution in [0.1, 0.15) is 10.6 Å². The van der Waals surface area contributed by atoms with Crippen LogP contribution in [-0.2, 0) is 16.1 Å². The summed E-state index contributed by atoms with van der Waals surface area (Å²) in [6, 6.07) is 12.6. The van der Waals surface area contributed by atoms with Crippen LogP contribution in [0.3, 0.4) is 0 Å². The van der Waals surface area contributed by atoms with E-state index in [1.54, 1.807) is 18.2 Å². The van der Waals surface area contributed by atoms with Crippen LogP contribution in [-0.4, -0.2) is 23.2 Å². The average Bonchev–Trinajstić information content (AvgIpc) is 3.02. The summed E-state index contributed by atoms with van der Waals surface area (Å²) >= 11 is 1.50. The van der Waals surface area contributed by atoms with Gasteiger partial charge in [-0.05, 0) is 35.9 Å². The van der Waals surface area contributed by atoms with Gasteiger partial charge in [-0.25, -0.2) is 9.78 Å². The van der Waals surface area contributed by atoms with Crippen molar-refractivity contribution in [3.8, 4) is 11.5 Å². The van der Waals surface area contributed by atoms with Crippen LogP contribution in [0, 0.1) is 0 Å². The van der Waals surface area contributed by atoms with Crippen molar-refractivity contribution in [2.75, 3.05) is 7.11 Å². The molecule has 0 spiro atoms. The second-order valence-corrected chi connectivity index (χ2v) is 6.06. The van der Waals surface area contributed by atoms with Crippen molar-refractivity contribution in [1.82, 2.24) is 4.98 Å². The number of methoxy groups -OCH3 is 1. The Labute approximate surface area is 142 Å². The molecule has 0 aliphatic carbocycles. The van der Waals surface area contributed by atoms with Gasteiger partial charge >= 0.3 is 5.97 Å². The fraction of sp³-hybridized carbons (Fsp3) is 0.111. The van der Waals surface area contributed by atoms with Crippen LogP contribution in [0.5, 0.6) is 11.5 Å². The van der Waals surface area contributed by atoms with Gasteiger partial charge in [0.25, 0.3) is 0 Å². The van der Waals surface area contributed by atoms with Crippen molar-refractivity contribution in [2.45, 2.75) is 6.61 Å². The fourth-order valence-corrected chi connectivity index (χ4v) is 3.01. The quantitative estimate of drug-likeness (QED) is 0.565. The van der Waals surface area contributed by atoms with Crippen molar-refractivity contribution in [2.24, 2.45) is 0 Å². The first-order chi connectivity index (χ1) is 11.7. The number of hydrogen-bond donors (Lipinski definition) is 1. The first kappa shape index (κ1) is 16.0. The predicted octanol–water partition coefficient (Wildman–Crippen LogP) is 3.77. The summed E-state index contributed by atoms with van der Waals surface area (Å²) in [5, 5.41) is 10.3. The van der Waals surface area contributed by atoms with Crippen LogP contribution in [0.2, 0.25) is 0 Å². The Bertz CT molecular complexity index is 868. The molecule has 0 atom stereocenters.